The molecule has 2 N–H and O–H groups in total. The zero-order chi connectivity index (χ0) is 11.3. The molecule has 0 bridgehead atoms. The topological polar surface area (TPSA) is 71.5 Å². The summed E-state index contributed by atoms with van der Waals surface area (Å²) >= 11 is 5.60. The second-order valence-corrected chi connectivity index (χ2v) is 2.89. The maximum absolute atomic E-state index is 10.8. The second-order valence-electron chi connectivity index (χ2n) is 2.45. The van der Waals surface area contributed by atoms with Crippen LogP contribution in [0.25, 0.3) is 0 Å². The highest BCUT2D eigenvalue weighted by Crippen LogP contribution is 2.17. The molecule has 0 amide bonds. The molecule has 0 aliphatic rings. The zero-order valence-corrected chi connectivity index (χ0v) is 8.28. The van der Waals surface area contributed by atoms with E-state index in [0.29, 0.717) is 0 Å². The number of pyridine rings is 1. The van der Waals surface area contributed by atoms with Crippen molar-refractivity contribution in [2.75, 3.05) is 12.1 Å². The Kier molecular flexibility index (Phi) is 3.92. The molecule has 1 aromatic rings. The van der Waals surface area contributed by atoms with Crippen LogP contribution in [0.5, 0.6) is 0 Å². The molecule has 0 aliphatic heterocycles. The van der Waals surface area contributed by atoms with Gasteiger partial charge in [0.25, 0.3) is 0 Å². The third-order valence-electron chi connectivity index (χ3n) is 1.41. The summed E-state index contributed by atoms with van der Waals surface area (Å²) in [6.07, 6.45) is 6.24. The first-order valence-electron chi connectivity index (χ1n) is 3.85. The van der Waals surface area contributed by atoms with Gasteiger partial charge in [0.05, 0.1) is 5.02 Å². The van der Waals surface area contributed by atoms with Gasteiger partial charge in [-0.3, -0.25) is 4.84 Å². The number of anilines is 1. The number of hydrogen-bond donors (Lipinski definition) is 2. The minimum atomic E-state index is -1.16. The molecule has 5 nitrogen and oxygen atoms in total. The molecular formula is C9H7ClN2O3. The predicted molar refractivity (Wildman–Crippen MR) is 54.6 cm³/mol. The van der Waals surface area contributed by atoms with Crippen molar-refractivity contribution in [1.29, 1.82) is 0 Å². The lowest BCUT2D eigenvalue weighted by Crippen LogP contribution is -2.09. The number of carboxylic acid groups (broad SMARTS) is 1. The molecule has 0 aliphatic carbocycles. The fourth-order valence-corrected chi connectivity index (χ4v) is 0.988. The number of hydrogen-bond acceptors (Lipinski definition) is 4. The smallest absolute Gasteiger partial charge is 0.339 e. The fraction of sp³-hybridized carbons (Fsp3) is 0.111. The van der Waals surface area contributed by atoms with Gasteiger partial charge in [-0.05, 0) is 6.07 Å². The average Bonchev–Trinajstić information content (AvgIpc) is 2.20. The quantitative estimate of drug-likeness (QED) is 0.461. The third kappa shape index (κ3) is 3.13. The molecule has 0 saturated carbocycles. The molecule has 0 unspecified atom stereocenters. The second kappa shape index (κ2) is 5.20. The van der Waals surface area contributed by atoms with Crippen LogP contribution in [0.15, 0.2) is 12.3 Å². The van der Waals surface area contributed by atoms with Crippen LogP contribution in [-0.2, 0) is 4.84 Å². The normalized spacial score (nSPS) is 9.33. The number of rotatable bonds is 4. The molecule has 1 rings (SSSR count). The minimum absolute atomic E-state index is 0.00334. The standard InChI is InChI=1S/C9H7ClN2O3/c1-2-3-15-12-8-7(9(13)14)4-6(10)5-11-8/h1,4-5H,3H2,(H,11,12)(H,13,14). The van der Waals surface area contributed by atoms with Crippen molar-refractivity contribution in [1.82, 2.24) is 4.98 Å². The molecule has 78 valence electrons. The van der Waals surface area contributed by atoms with E-state index in [1.54, 1.807) is 0 Å². The Labute approximate surface area is 91.0 Å². The summed E-state index contributed by atoms with van der Waals surface area (Å²) in [4.78, 5) is 19.3. The van der Waals surface area contributed by atoms with Gasteiger partial charge in [-0.2, -0.15) is 0 Å². The van der Waals surface area contributed by atoms with Crippen LogP contribution in [0, 0.1) is 12.3 Å². The van der Waals surface area contributed by atoms with Crippen molar-refractivity contribution < 1.29 is 14.7 Å². The van der Waals surface area contributed by atoms with Crippen molar-refractivity contribution in [3.8, 4) is 12.3 Å². The van der Waals surface area contributed by atoms with E-state index in [0.717, 1.165) is 0 Å². The van der Waals surface area contributed by atoms with Gasteiger partial charge in [0.2, 0.25) is 0 Å². The van der Waals surface area contributed by atoms with Crippen molar-refractivity contribution in [3.63, 3.8) is 0 Å². The van der Waals surface area contributed by atoms with E-state index >= 15 is 0 Å². The van der Waals surface area contributed by atoms with Crippen molar-refractivity contribution in [3.05, 3.63) is 22.8 Å². The first-order chi connectivity index (χ1) is 7.15. The highest BCUT2D eigenvalue weighted by molar-refractivity contribution is 6.30. The van der Waals surface area contributed by atoms with Crippen LogP contribution in [0.1, 0.15) is 10.4 Å². The van der Waals surface area contributed by atoms with Gasteiger partial charge in [0.15, 0.2) is 5.82 Å². The summed E-state index contributed by atoms with van der Waals surface area (Å²) in [6, 6.07) is 1.26. The molecular weight excluding hydrogens is 220 g/mol. The number of aromatic carboxylic acids is 1. The predicted octanol–water partition coefficient (Wildman–Crippen LogP) is 1.41. The molecule has 0 radical (unpaired) electrons. The highest BCUT2D eigenvalue weighted by Gasteiger charge is 2.11. The van der Waals surface area contributed by atoms with Crippen LogP contribution in [0.4, 0.5) is 5.82 Å². The lowest BCUT2D eigenvalue weighted by Gasteiger charge is -2.06. The van der Waals surface area contributed by atoms with Gasteiger partial charge in [-0.1, -0.05) is 17.5 Å². The van der Waals surface area contributed by atoms with Gasteiger partial charge < -0.3 is 5.11 Å². The minimum Gasteiger partial charge on any atom is -0.478 e. The van der Waals surface area contributed by atoms with Crippen LogP contribution >= 0.6 is 11.6 Å². The van der Waals surface area contributed by atoms with E-state index in [1.807, 2.05) is 0 Å². The number of carboxylic acids is 1. The molecule has 0 fully saturated rings. The first kappa shape index (κ1) is 11.3. The Balaban J connectivity index is 2.87. The van der Waals surface area contributed by atoms with E-state index < -0.39 is 5.97 Å². The van der Waals surface area contributed by atoms with Crippen LogP contribution in [0.3, 0.4) is 0 Å². The molecule has 0 aromatic carbocycles. The van der Waals surface area contributed by atoms with Crippen LogP contribution in [-0.4, -0.2) is 22.7 Å². The lowest BCUT2D eigenvalue weighted by molar-refractivity contribution is 0.0696. The van der Waals surface area contributed by atoms with Gasteiger partial charge in [-0.15, -0.1) is 6.42 Å². The average molecular weight is 227 g/mol. The highest BCUT2D eigenvalue weighted by atomic mass is 35.5. The Hall–Kier alpha value is -1.77. The van der Waals surface area contributed by atoms with Crippen molar-refractivity contribution in [2.24, 2.45) is 0 Å². The Bertz CT molecular complexity index is 414. The molecule has 6 heteroatoms. The first-order valence-corrected chi connectivity index (χ1v) is 4.23. The largest absolute Gasteiger partial charge is 0.478 e. The van der Waals surface area contributed by atoms with Crippen molar-refractivity contribution in [2.45, 2.75) is 0 Å². The van der Waals surface area contributed by atoms with E-state index in [9.17, 15) is 4.79 Å². The van der Waals surface area contributed by atoms with Crippen LogP contribution in [0.2, 0.25) is 5.02 Å². The van der Waals surface area contributed by atoms with Gasteiger partial charge >= 0.3 is 5.97 Å². The van der Waals surface area contributed by atoms with E-state index in [1.165, 1.54) is 12.3 Å². The molecule has 0 spiro atoms. The summed E-state index contributed by atoms with van der Waals surface area (Å²) in [5, 5.41) is 9.04. The number of nitrogens with zero attached hydrogens (tertiary/aromatic N) is 1. The molecule has 1 aromatic heterocycles. The summed E-state index contributed by atoms with van der Waals surface area (Å²) in [5.74, 6) is 1.11. The third-order valence-corrected chi connectivity index (χ3v) is 1.62. The Morgan fingerprint density at radius 2 is 2.53 bits per heavy atom. The van der Waals surface area contributed by atoms with Crippen LogP contribution < -0.4 is 5.48 Å². The number of carbonyl (C=O) groups is 1. The number of nitrogens with one attached hydrogen (secondary N) is 1. The van der Waals surface area contributed by atoms with Gasteiger partial charge in [0, 0.05) is 6.20 Å². The maximum atomic E-state index is 10.8. The summed E-state index contributed by atoms with van der Waals surface area (Å²) in [7, 11) is 0. The molecule has 1 heterocycles. The summed E-state index contributed by atoms with van der Waals surface area (Å²) < 4.78 is 0. The van der Waals surface area contributed by atoms with Crippen molar-refractivity contribution >= 4 is 23.4 Å². The SMILES string of the molecule is C#CCONc1ncc(Cl)cc1C(=O)O. The Morgan fingerprint density at radius 1 is 1.80 bits per heavy atom. The Morgan fingerprint density at radius 3 is 3.13 bits per heavy atom. The lowest BCUT2D eigenvalue weighted by atomic mass is 10.2. The number of halogens is 1. The molecule has 15 heavy (non-hydrogen) atoms. The number of aromatic nitrogens is 1. The molecule has 0 atom stereocenters. The van der Waals surface area contributed by atoms with Gasteiger partial charge in [0.1, 0.15) is 12.2 Å². The monoisotopic (exact) mass is 226 g/mol. The van der Waals surface area contributed by atoms with E-state index in [2.05, 4.69) is 16.4 Å². The summed E-state index contributed by atoms with van der Waals surface area (Å²) in [6.45, 7) is 0.00334. The number of terminal acetylenes is 1. The van der Waals surface area contributed by atoms with E-state index in [4.69, 9.17) is 28.0 Å². The summed E-state index contributed by atoms with van der Waals surface area (Å²) in [5.41, 5.74) is 2.25. The molecule has 0 saturated heterocycles. The zero-order valence-electron chi connectivity index (χ0n) is 7.53. The van der Waals surface area contributed by atoms with E-state index in [-0.39, 0.29) is 23.0 Å². The van der Waals surface area contributed by atoms with Gasteiger partial charge in [-0.25, -0.2) is 15.3 Å². The maximum Gasteiger partial charge on any atom is 0.339 e. The fourth-order valence-electron chi connectivity index (χ4n) is 0.830.